The van der Waals surface area contributed by atoms with Crippen LogP contribution in [-0.4, -0.2) is 48.5 Å². The molecule has 0 spiro atoms. The number of hydrogen-bond acceptors (Lipinski definition) is 6. The fourth-order valence-corrected chi connectivity index (χ4v) is 3.73. The van der Waals surface area contributed by atoms with Crippen LogP contribution in [0.1, 0.15) is 31.1 Å². The van der Waals surface area contributed by atoms with Crippen LogP contribution in [-0.2, 0) is 17.9 Å². The minimum Gasteiger partial charge on any atom is -0.476 e. The molecule has 28 heavy (non-hydrogen) atoms. The molecule has 3 aromatic rings. The van der Waals surface area contributed by atoms with E-state index in [2.05, 4.69) is 34.0 Å². The molecular formula is C19H19ClN6O2. The molecule has 0 saturated carbocycles. The molecule has 0 fully saturated rings. The number of hydrogen-bond donors (Lipinski definition) is 1. The Labute approximate surface area is 166 Å². The molecule has 1 N–H and O–H groups in total. The van der Waals surface area contributed by atoms with Crippen molar-refractivity contribution in [2.45, 2.75) is 27.0 Å². The molecule has 0 bridgehead atoms. The average Bonchev–Trinajstić information content (AvgIpc) is 3.23. The molecule has 8 nitrogen and oxygen atoms in total. The van der Waals surface area contributed by atoms with E-state index in [1.165, 1.54) is 0 Å². The molecule has 4 heterocycles. The summed E-state index contributed by atoms with van der Waals surface area (Å²) in [5, 5.41) is 18.8. The Morgan fingerprint density at radius 3 is 2.89 bits per heavy atom. The minimum atomic E-state index is -0.210. The van der Waals surface area contributed by atoms with E-state index in [4.69, 9.17) is 16.3 Å². The van der Waals surface area contributed by atoms with E-state index >= 15 is 0 Å². The van der Waals surface area contributed by atoms with Gasteiger partial charge >= 0.3 is 0 Å². The third-order valence-electron chi connectivity index (χ3n) is 5.06. The second-order valence-corrected chi connectivity index (χ2v) is 8.27. The largest absolute Gasteiger partial charge is 0.476 e. The quantitative estimate of drug-likeness (QED) is 0.560. The lowest BCUT2D eigenvalue weighted by Crippen LogP contribution is -2.31. The smallest absolute Gasteiger partial charge is 0.237 e. The van der Waals surface area contributed by atoms with Crippen LogP contribution in [0.5, 0.6) is 0 Å². The van der Waals surface area contributed by atoms with E-state index in [9.17, 15) is 5.11 Å². The molecule has 0 aliphatic carbocycles. The average molecular weight is 399 g/mol. The second-order valence-electron chi connectivity index (χ2n) is 7.83. The molecule has 2 aromatic heterocycles. The van der Waals surface area contributed by atoms with Crippen molar-refractivity contribution in [3.63, 3.8) is 0 Å². The zero-order chi connectivity index (χ0) is 19.5. The topological polar surface area (TPSA) is 90.4 Å². The fraction of sp³-hybridized carbons (Fsp3) is 0.368. The van der Waals surface area contributed by atoms with E-state index in [0.29, 0.717) is 48.0 Å². The monoisotopic (exact) mass is 398 g/mol. The predicted molar refractivity (Wildman–Crippen MR) is 104 cm³/mol. The van der Waals surface area contributed by atoms with Crippen molar-refractivity contribution in [1.29, 1.82) is 0 Å². The van der Waals surface area contributed by atoms with Gasteiger partial charge in [-0.2, -0.15) is 0 Å². The highest BCUT2D eigenvalue weighted by Crippen LogP contribution is 2.34. The van der Waals surface area contributed by atoms with Crippen LogP contribution in [0.15, 0.2) is 29.5 Å². The summed E-state index contributed by atoms with van der Waals surface area (Å²) < 4.78 is 9.82. The third kappa shape index (κ3) is 2.63. The molecule has 2 aliphatic rings. The summed E-state index contributed by atoms with van der Waals surface area (Å²) in [5.74, 6) is 1.68. The van der Waals surface area contributed by atoms with E-state index in [-0.39, 0.29) is 12.0 Å². The molecule has 0 saturated heterocycles. The van der Waals surface area contributed by atoms with Crippen LogP contribution in [0, 0.1) is 5.41 Å². The summed E-state index contributed by atoms with van der Waals surface area (Å²) >= 11 is 6.25. The van der Waals surface area contributed by atoms with Crippen molar-refractivity contribution >= 4 is 17.5 Å². The van der Waals surface area contributed by atoms with Crippen LogP contribution in [0.4, 0.5) is 0 Å². The standard InChI is InChI=1S/C19H19ClN6O2/c1-19(2)8-21-18(28-9-19)16-14-6-25-15(7-27)23-24-17(25)12-5-11(20)3-4-13(12)26(14)10-22-16/h3-5,10,27H,6-9H2,1-2H3. The number of imidazole rings is 1. The molecule has 0 atom stereocenters. The van der Waals surface area contributed by atoms with E-state index in [1.54, 1.807) is 6.33 Å². The van der Waals surface area contributed by atoms with Gasteiger partial charge < -0.3 is 14.4 Å². The summed E-state index contributed by atoms with van der Waals surface area (Å²) in [6.45, 7) is 5.74. The minimum absolute atomic E-state index is 0.00896. The Morgan fingerprint density at radius 2 is 2.14 bits per heavy atom. The van der Waals surface area contributed by atoms with E-state index in [1.807, 2.05) is 27.3 Å². The van der Waals surface area contributed by atoms with Crippen molar-refractivity contribution in [2.75, 3.05) is 13.2 Å². The SMILES string of the molecule is CC1(C)CN=C(c2ncn3c2Cn2c(CO)nnc2-c2cc(Cl)ccc2-3)OC1. The number of benzene rings is 1. The number of aromatic nitrogens is 5. The van der Waals surface area contributed by atoms with Gasteiger partial charge in [-0.1, -0.05) is 25.4 Å². The lowest BCUT2D eigenvalue weighted by Gasteiger charge is -2.27. The Morgan fingerprint density at radius 1 is 1.29 bits per heavy atom. The summed E-state index contributed by atoms with van der Waals surface area (Å²) in [6, 6.07) is 5.62. The van der Waals surface area contributed by atoms with E-state index in [0.717, 1.165) is 16.9 Å². The number of aliphatic imine (C=N–C) groups is 1. The molecule has 0 radical (unpaired) electrons. The summed E-state index contributed by atoms with van der Waals surface area (Å²) in [6.07, 6.45) is 1.77. The maximum absolute atomic E-state index is 9.73. The first-order valence-electron chi connectivity index (χ1n) is 9.04. The molecule has 9 heteroatoms. The van der Waals surface area contributed by atoms with Crippen molar-refractivity contribution in [3.8, 4) is 17.1 Å². The zero-order valence-corrected chi connectivity index (χ0v) is 16.3. The molecular weight excluding hydrogens is 380 g/mol. The number of rotatable bonds is 2. The highest BCUT2D eigenvalue weighted by atomic mass is 35.5. The number of fused-ring (bicyclic) bond motifs is 5. The first-order valence-corrected chi connectivity index (χ1v) is 9.42. The normalized spacial score (nSPS) is 17.1. The summed E-state index contributed by atoms with van der Waals surface area (Å²) in [7, 11) is 0. The summed E-state index contributed by atoms with van der Waals surface area (Å²) in [4.78, 5) is 9.23. The van der Waals surface area contributed by atoms with Crippen LogP contribution >= 0.6 is 11.6 Å². The van der Waals surface area contributed by atoms with Gasteiger partial charge in [0, 0.05) is 16.0 Å². The van der Waals surface area contributed by atoms with Gasteiger partial charge in [-0.15, -0.1) is 10.2 Å². The van der Waals surface area contributed by atoms with Crippen LogP contribution in [0.3, 0.4) is 0 Å². The Hall–Kier alpha value is -2.71. The number of halogens is 1. The molecule has 0 unspecified atom stereocenters. The number of nitrogens with zero attached hydrogens (tertiary/aromatic N) is 6. The highest BCUT2D eigenvalue weighted by molar-refractivity contribution is 6.31. The van der Waals surface area contributed by atoms with Crippen LogP contribution in [0.25, 0.3) is 17.1 Å². The van der Waals surface area contributed by atoms with Crippen molar-refractivity contribution in [3.05, 3.63) is 46.8 Å². The van der Waals surface area contributed by atoms with Gasteiger partial charge in [-0.05, 0) is 18.2 Å². The lowest BCUT2D eigenvalue weighted by molar-refractivity contribution is 0.157. The molecule has 144 valence electrons. The lowest BCUT2D eigenvalue weighted by atomic mass is 9.94. The second kappa shape index (κ2) is 6.15. The summed E-state index contributed by atoms with van der Waals surface area (Å²) in [5.41, 5.74) is 3.33. The van der Waals surface area contributed by atoms with Gasteiger partial charge in [0.1, 0.15) is 18.6 Å². The fourth-order valence-electron chi connectivity index (χ4n) is 3.56. The first-order chi connectivity index (χ1) is 13.5. The van der Waals surface area contributed by atoms with Gasteiger partial charge in [0.2, 0.25) is 5.90 Å². The Bertz CT molecular complexity index is 1110. The van der Waals surface area contributed by atoms with Crippen molar-refractivity contribution in [1.82, 2.24) is 24.3 Å². The maximum Gasteiger partial charge on any atom is 0.237 e. The van der Waals surface area contributed by atoms with Crippen molar-refractivity contribution < 1.29 is 9.84 Å². The number of aliphatic hydroxyl groups excluding tert-OH is 1. The third-order valence-corrected chi connectivity index (χ3v) is 5.29. The number of ether oxygens (including phenoxy) is 1. The maximum atomic E-state index is 9.73. The molecule has 5 rings (SSSR count). The Kier molecular flexibility index (Phi) is 3.82. The van der Waals surface area contributed by atoms with Gasteiger partial charge in [0.05, 0.1) is 31.1 Å². The first kappa shape index (κ1) is 17.4. The van der Waals surface area contributed by atoms with Crippen LogP contribution in [0.2, 0.25) is 5.02 Å². The number of aliphatic hydroxyl groups is 1. The predicted octanol–water partition coefficient (Wildman–Crippen LogP) is 2.44. The van der Waals surface area contributed by atoms with Crippen LogP contribution < -0.4 is 0 Å². The zero-order valence-electron chi connectivity index (χ0n) is 15.6. The van der Waals surface area contributed by atoms with E-state index < -0.39 is 0 Å². The highest BCUT2D eigenvalue weighted by Gasteiger charge is 2.31. The van der Waals surface area contributed by atoms with Gasteiger partial charge in [0.15, 0.2) is 11.6 Å². The molecule has 1 aromatic carbocycles. The molecule has 0 amide bonds. The molecule has 2 aliphatic heterocycles. The Balaban J connectivity index is 1.72. The van der Waals surface area contributed by atoms with Gasteiger partial charge in [-0.3, -0.25) is 4.57 Å². The van der Waals surface area contributed by atoms with Crippen molar-refractivity contribution in [2.24, 2.45) is 10.4 Å². The van der Waals surface area contributed by atoms with Gasteiger partial charge in [0.25, 0.3) is 0 Å². The van der Waals surface area contributed by atoms with Gasteiger partial charge in [-0.25, -0.2) is 9.98 Å².